The highest BCUT2D eigenvalue weighted by atomic mass is 35.5. The minimum atomic E-state index is -2.75. The number of carbonyl (C=O) groups excluding carboxylic acids is 1. The highest BCUT2D eigenvalue weighted by Crippen LogP contribution is 2.32. The molecule has 0 radical (unpaired) electrons. The minimum absolute atomic E-state index is 0.0285. The topological polar surface area (TPSA) is 82.2 Å². The molecule has 30 heavy (non-hydrogen) atoms. The Labute approximate surface area is 177 Å². The van der Waals surface area contributed by atoms with Gasteiger partial charge in [-0.15, -0.1) is 11.3 Å². The maximum absolute atomic E-state index is 13.0. The van der Waals surface area contributed by atoms with E-state index in [1.807, 2.05) is 13.8 Å². The Hall–Kier alpha value is -2.72. The number of hydrogen-bond acceptors (Lipinski definition) is 6. The number of carbonyl (C=O) groups is 1. The maximum Gasteiger partial charge on any atom is 0.291 e. The standard InChI is InChI=1S/C19H16ClF2N5O2S/c1-9(2)18-25-26(7-11(28)3-10-4-12(17(21)22)24-8-23-10)19(29)14-5-15-13(27(14)18)6-16(20)30-15/h4-6,8-9,17H,3,7H2,1-2H3. The first-order valence-corrected chi connectivity index (χ1v) is 10.3. The van der Waals surface area contributed by atoms with E-state index in [9.17, 15) is 18.4 Å². The second kappa shape index (κ2) is 7.84. The summed E-state index contributed by atoms with van der Waals surface area (Å²) in [5, 5.41) is 4.41. The van der Waals surface area contributed by atoms with E-state index in [4.69, 9.17) is 11.6 Å². The van der Waals surface area contributed by atoms with Gasteiger partial charge >= 0.3 is 0 Å². The van der Waals surface area contributed by atoms with Gasteiger partial charge < -0.3 is 0 Å². The minimum Gasteiger partial charge on any atom is -0.297 e. The molecule has 4 aromatic heterocycles. The number of ketones is 1. The van der Waals surface area contributed by atoms with Gasteiger partial charge in [0, 0.05) is 5.92 Å². The van der Waals surface area contributed by atoms with Crippen LogP contribution in [0.3, 0.4) is 0 Å². The molecule has 0 amide bonds. The third-order valence-corrected chi connectivity index (χ3v) is 5.76. The third-order valence-electron chi connectivity index (χ3n) is 4.55. The summed E-state index contributed by atoms with van der Waals surface area (Å²) < 4.78 is 29.9. The lowest BCUT2D eigenvalue weighted by molar-refractivity contribution is -0.119. The van der Waals surface area contributed by atoms with Gasteiger partial charge in [0.15, 0.2) is 5.78 Å². The van der Waals surface area contributed by atoms with Crippen molar-refractivity contribution in [3.63, 3.8) is 0 Å². The van der Waals surface area contributed by atoms with Crippen LogP contribution in [0.1, 0.15) is 43.4 Å². The van der Waals surface area contributed by atoms with Gasteiger partial charge in [-0.05, 0) is 18.2 Å². The normalized spacial score (nSPS) is 12.0. The van der Waals surface area contributed by atoms with E-state index in [-0.39, 0.29) is 30.4 Å². The van der Waals surface area contributed by atoms with Crippen LogP contribution in [0.4, 0.5) is 8.78 Å². The van der Waals surface area contributed by atoms with Gasteiger partial charge in [-0.2, -0.15) is 5.10 Å². The summed E-state index contributed by atoms with van der Waals surface area (Å²) in [6, 6.07) is 4.61. The molecule has 0 aromatic carbocycles. The number of Topliss-reactive ketones (excluding diaryl/α,β-unsaturated/α-hetero) is 1. The highest BCUT2D eigenvalue weighted by Gasteiger charge is 2.20. The molecule has 0 N–H and O–H groups in total. The van der Waals surface area contributed by atoms with Crippen LogP contribution in [-0.4, -0.2) is 29.9 Å². The average molecular weight is 452 g/mol. The summed E-state index contributed by atoms with van der Waals surface area (Å²) in [6.07, 6.45) is -1.96. The fourth-order valence-corrected chi connectivity index (χ4v) is 4.41. The molecule has 4 heterocycles. The van der Waals surface area contributed by atoms with Crippen LogP contribution in [0.15, 0.2) is 29.3 Å². The van der Waals surface area contributed by atoms with Crippen molar-refractivity contribution < 1.29 is 13.6 Å². The smallest absolute Gasteiger partial charge is 0.291 e. The lowest BCUT2D eigenvalue weighted by atomic mass is 10.2. The quantitative estimate of drug-likeness (QED) is 0.442. The Morgan fingerprint density at radius 3 is 2.67 bits per heavy atom. The first-order valence-electron chi connectivity index (χ1n) is 9.06. The summed E-state index contributed by atoms with van der Waals surface area (Å²) in [5.74, 6) is 0.210. The van der Waals surface area contributed by atoms with Crippen LogP contribution in [0.25, 0.3) is 15.7 Å². The summed E-state index contributed by atoms with van der Waals surface area (Å²) in [6.45, 7) is 3.58. The largest absolute Gasteiger partial charge is 0.297 e. The number of alkyl halides is 2. The fourth-order valence-electron chi connectivity index (χ4n) is 3.25. The number of thiophene rings is 1. The maximum atomic E-state index is 13.0. The molecular formula is C19H16ClF2N5O2S. The van der Waals surface area contributed by atoms with Crippen molar-refractivity contribution in [3.8, 4) is 0 Å². The summed E-state index contributed by atoms with van der Waals surface area (Å²) >= 11 is 7.46. The second-order valence-corrected chi connectivity index (χ2v) is 8.81. The Kier molecular flexibility index (Phi) is 5.37. The summed E-state index contributed by atoms with van der Waals surface area (Å²) in [5.41, 5.74) is 0.511. The lowest BCUT2D eigenvalue weighted by Crippen LogP contribution is -2.31. The van der Waals surface area contributed by atoms with Crippen LogP contribution in [0, 0.1) is 0 Å². The number of aromatic nitrogens is 5. The van der Waals surface area contributed by atoms with Crippen LogP contribution in [0.5, 0.6) is 0 Å². The van der Waals surface area contributed by atoms with Crippen LogP contribution in [-0.2, 0) is 17.8 Å². The Balaban J connectivity index is 1.70. The molecule has 0 unspecified atom stereocenters. The summed E-state index contributed by atoms with van der Waals surface area (Å²) in [7, 11) is 0. The second-order valence-electron chi connectivity index (χ2n) is 7.09. The SMILES string of the molecule is CC(C)c1nn(CC(=O)Cc2cc(C(F)F)ncn2)c(=O)c2cc3sc(Cl)cc3n12. The Morgan fingerprint density at radius 1 is 1.20 bits per heavy atom. The van der Waals surface area contributed by atoms with Crippen LogP contribution in [0.2, 0.25) is 4.34 Å². The van der Waals surface area contributed by atoms with Gasteiger partial charge in [-0.3, -0.25) is 14.0 Å². The molecule has 0 aliphatic carbocycles. The van der Waals surface area contributed by atoms with E-state index in [2.05, 4.69) is 15.1 Å². The van der Waals surface area contributed by atoms with Crippen molar-refractivity contribution >= 4 is 44.5 Å². The first-order chi connectivity index (χ1) is 14.2. The van der Waals surface area contributed by atoms with Crippen molar-refractivity contribution in [3.05, 3.63) is 56.4 Å². The van der Waals surface area contributed by atoms with E-state index in [1.165, 1.54) is 11.3 Å². The molecule has 7 nitrogen and oxygen atoms in total. The molecule has 0 saturated carbocycles. The Bertz CT molecular complexity index is 1330. The number of nitrogens with zero attached hydrogens (tertiary/aromatic N) is 5. The van der Waals surface area contributed by atoms with Gasteiger partial charge in [0.05, 0.1) is 26.7 Å². The molecular weight excluding hydrogens is 436 g/mol. The van der Waals surface area contributed by atoms with Crippen molar-refractivity contribution in [2.45, 2.75) is 39.2 Å². The zero-order chi connectivity index (χ0) is 21.6. The predicted octanol–water partition coefficient (Wildman–Crippen LogP) is 4.03. The molecule has 4 rings (SSSR count). The fraction of sp³-hybridized carbons (Fsp3) is 0.316. The molecule has 4 aromatic rings. The number of hydrogen-bond donors (Lipinski definition) is 0. The molecule has 11 heteroatoms. The zero-order valence-electron chi connectivity index (χ0n) is 16.0. The molecule has 0 spiro atoms. The zero-order valence-corrected chi connectivity index (χ0v) is 17.5. The van der Waals surface area contributed by atoms with Gasteiger partial charge in [-0.1, -0.05) is 25.4 Å². The van der Waals surface area contributed by atoms with Gasteiger partial charge in [-0.25, -0.2) is 23.4 Å². The highest BCUT2D eigenvalue weighted by molar-refractivity contribution is 7.22. The first kappa shape index (κ1) is 20.5. The molecule has 0 aliphatic rings. The number of rotatable bonds is 6. The molecule has 0 fully saturated rings. The number of fused-ring (bicyclic) bond motifs is 3. The summed E-state index contributed by atoms with van der Waals surface area (Å²) in [4.78, 5) is 32.8. The van der Waals surface area contributed by atoms with Crippen LogP contribution >= 0.6 is 22.9 Å². The van der Waals surface area contributed by atoms with Crippen molar-refractivity contribution in [1.82, 2.24) is 24.1 Å². The van der Waals surface area contributed by atoms with Gasteiger partial charge in [0.25, 0.3) is 12.0 Å². The van der Waals surface area contributed by atoms with Gasteiger partial charge in [0.2, 0.25) is 0 Å². The third kappa shape index (κ3) is 3.72. The molecule has 0 saturated heterocycles. The monoisotopic (exact) mass is 451 g/mol. The van der Waals surface area contributed by atoms with Crippen molar-refractivity contribution in [2.24, 2.45) is 0 Å². The van der Waals surface area contributed by atoms with Crippen molar-refractivity contribution in [2.75, 3.05) is 0 Å². The average Bonchev–Trinajstić information content (AvgIpc) is 3.20. The van der Waals surface area contributed by atoms with E-state index < -0.39 is 17.7 Å². The number of halogens is 3. The molecule has 156 valence electrons. The van der Waals surface area contributed by atoms with Crippen molar-refractivity contribution in [1.29, 1.82) is 0 Å². The Morgan fingerprint density at radius 2 is 1.97 bits per heavy atom. The molecule has 0 atom stereocenters. The van der Waals surface area contributed by atoms with E-state index in [0.717, 1.165) is 27.3 Å². The molecule has 0 aliphatic heterocycles. The van der Waals surface area contributed by atoms with E-state index in [1.54, 1.807) is 16.5 Å². The lowest BCUT2D eigenvalue weighted by Gasteiger charge is -2.13. The molecule has 0 bridgehead atoms. The van der Waals surface area contributed by atoms with E-state index >= 15 is 0 Å². The van der Waals surface area contributed by atoms with Crippen LogP contribution < -0.4 is 5.56 Å². The predicted molar refractivity (Wildman–Crippen MR) is 110 cm³/mol. The van der Waals surface area contributed by atoms with Gasteiger partial charge in [0.1, 0.15) is 29.9 Å². The van der Waals surface area contributed by atoms with E-state index in [0.29, 0.717) is 15.7 Å².